The summed E-state index contributed by atoms with van der Waals surface area (Å²) in [5, 5.41) is 0. The maximum absolute atomic E-state index is 13.7. The predicted molar refractivity (Wildman–Crippen MR) is 183 cm³/mol. The highest BCUT2D eigenvalue weighted by Gasteiger charge is 2.20. The molecule has 0 spiro atoms. The Bertz CT molecular complexity index is 1690. The summed E-state index contributed by atoms with van der Waals surface area (Å²) in [5.41, 5.74) is 7.19. The van der Waals surface area contributed by atoms with Crippen molar-refractivity contribution in [2.75, 3.05) is 0 Å². The summed E-state index contributed by atoms with van der Waals surface area (Å²) in [6.07, 6.45) is 9.59. The summed E-state index contributed by atoms with van der Waals surface area (Å²) >= 11 is 8.60. The molecule has 1 heterocycles. The number of hydrogen-bond donors (Lipinski definition) is 0. The van der Waals surface area contributed by atoms with Crippen LogP contribution in [0.25, 0.3) is 22.3 Å². The number of sulfone groups is 1. The van der Waals surface area contributed by atoms with Gasteiger partial charge in [0.15, 0.2) is 0 Å². The van der Waals surface area contributed by atoms with Gasteiger partial charge in [-0.05, 0) is 114 Å². The summed E-state index contributed by atoms with van der Waals surface area (Å²) in [6.45, 7) is 11.4. The Kier molecular flexibility index (Phi) is 10.6. The van der Waals surface area contributed by atoms with E-state index in [1.165, 1.54) is 28.4 Å². The summed E-state index contributed by atoms with van der Waals surface area (Å²) in [4.78, 5) is 0.606. The second kappa shape index (κ2) is 13.8. The van der Waals surface area contributed by atoms with E-state index in [0.29, 0.717) is 15.7 Å². The molecule has 0 aliphatic carbocycles. The van der Waals surface area contributed by atoms with Crippen molar-refractivity contribution in [3.8, 4) is 22.3 Å². The minimum Gasteiger partial charge on any atom is -0.353 e. The van der Waals surface area contributed by atoms with Crippen molar-refractivity contribution in [1.29, 1.82) is 0 Å². The fourth-order valence-electron chi connectivity index (χ4n) is 5.32. The minimum atomic E-state index is -3.68. The van der Waals surface area contributed by atoms with Gasteiger partial charge in [-0.25, -0.2) is 8.42 Å². The van der Waals surface area contributed by atoms with Crippen molar-refractivity contribution in [3.63, 3.8) is 0 Å². The first-order chi connectivity index (χ1) is 19.6. The van der Waals surface area contributed by atoms with Gasteiger partial charge in [0.1, 0.15) is 0 Å². The third kappa shape index (κ3) is 7.20. The van der Waals surface area contributed by atoms with Crippen LogP contribution in [-0.2, 0) is 29.2 Å². The largest absolute Gasteiger partial charge is 0.353 e. The first kappa shape index (κ1) is 31.6. The highest BCUT2D eigenvalue weighted by molar-refractivity contribution is 14.1. The zero-order valence-corrected chi connectivity index (χ0v) is 28.5. The van der Waals surface area contributed by atoms with Crippen LogP contribution in [0.1, 0.15) is 63.6 Å². The molecule has 6 heteroatoms. The van der Waals surface area contributed by atoms with Gasteiger partial charge in [-0.15, -0.1) is 0 Å². The average Bonchev–Trinajstić information content (AvgIpc) is 2.98. The Morgan fingerprint density at radius 3 is 2.15 bits per heavy atom. The number of benzene rings is 3. The van der Waals surface area contributed by atoms with Crippen LogP contribution in [0.4, 0.5) is 0 Å². The molecule has 0 bridgehead atoms. The lowest BCUT2D eigenvalue weighted by Crippen LogP contribution is -2.05. The van der Waals surface area contributed by atoms with Crippen LogP contribution in [-0.4, -0.2) is 13.0 Å². The van der Waals surface area contributed by atoms with E-state index >= 15 is 0 Å². The van der Waals surface area contributed by atoms with Crippen molar-refractivity contribution >= 4 is 44.6 Å². The highest BCUT2D eigenvalue weighted by atomic mass is 127. The summed E-state index contributed by atoms with van der Waals surface area (Å²) < 4.78 is 31.6. The van der Waals surface area contributed by atoms with Crippen molar-refractivity contribution in [2.24, 2.45) is 5.92 Å². The number of pyridine rings is 1. The van der Waals surface area contributed by atoms with Gasteiger partial charge in [-0.2, -0.15) is 0 Å². The smallest absolute Gasteiger partial charge is 0.206 e. The van der Waals surface area contributed by atoms with Crippen LogP contribution in [0.3, 0.4) is 0 Å². The molecule has 0 N–H and O–H groups in total. The fourth-order valence-corrected chi connectivity index (χ4v) is 7.57. The van der Waals surface area contributed by atoms with E-state index in [-0.39, 0.29) is 0 Å². The quantitative estimate of drug-likeness (QED) is 0.116. The molecule has 0 saturated carbocycles. The first-order valence-electron chi connectivity index (χ1n) is 14.6. The molecule has 3 nitrogen and oxygen atoms in total. The number of rotatable bonds is 11. The minimum absolute atomic E-state index is 0.302. The zero-order valence-electron chi connectivity index (χ0n) is 24.7. The van der Waals surface area contributed by atoms with Crippen LogP contribution in [0.5, 0.6) is 0 Å². The van der Waals surface area contributed by atoms with E-state index in [1.807, 2.05) is 26.0 Å². The number of aromatic nitrogens is 1. The molecule has 3 aromatic carbocycles. The molecule has 0 aliphatic heterocycles. The fraction of sp³-hybridized carbons (Fsp3) is 0.343. The van der Waals surface area contributed by atoms with E-state index in [9.17, 15) is 8.42 Å². The third-order valence-corrected chi connectivity index (χ3v) is 11.2. The molecule has 0 aliphatic rings. The van der Waals surface area contributed by atoms with Crippen molar-refractivity contribution in [1.82, 2.24) is 4.57 Å². The molecule has 0 amide bonds. The van der Waals surface area contributed by atoms with Gasteiger partial charge >= 0.3 is 0 Å². The Balaban J connectivity index is 1.87. The van der Waals surface area contributed by atoms with Crippen LogP contribution in [0.15, 0.2) is 82.8 Å². The standard InChI is InChI=1S/C35H40INO2S2/c1-6-10-25(7-2)17-29-20-27(13-16-34(29)36)32-22-37(9-4)23-33(35(32)40)28-18-26(8-3)19-31(21-28)41(38,39)30-14-11-24(5)12-15-30/h11-16,18-23,25H,6-10,17H2,1-5H3. The van der Waals surface area contributed by atoms with Gasteiger partial charge in [0.05, 0.1) is 14.3 Å². The maximum atomic E-state index is 13.7. The van der Waals surface area contributed by atoms with Crippen LogP contribution in [0, 0.1) is 20.9 Å². The Morgan fingerprint density at radius 1 is 0.854 bits per heavy atom. The Hall–Kier alpha value is -2.29. The topological polar surface area (TPSA) is 39.1 Å². The van der Waals surface area contributed by atoms with Crippen LogP contribution >= 0.6 is 34.8 Å². The van der Waals surface area contributed by atoms with Crippen LogP contribution in [0.2, 0.25) is 0 Å². The summed E-state index contributed by atoms with van der Waals surface area (Å²) in [7, 11) is -3.68. The number of halogens is 1. The molecule has 0 saturated heterocycles. The molecule has 1 aromatic heterocycles. The molecule has 4 aromatic rings. The van der Waals surface area contributed by atoms with Crippen LogP contribution < -0.4 is 0 Å². The number of hydrogen-bond acceptors (Lipinski definition) is 3. The van der Waals surface area contributed by atoms with E-state index in [0.717, 1.165) is 57.3 Å². The van der Waals surface area contributed by atoms with Gasteiger partial charge < -0.3 is 4.57 Å². The molecule has 41 heavy (non-hydrogen) atoms. The summed E-state index contributed by atoms with van der Waals surface area (Å²) in [6, 6.07) is 19.4. The SMILES string of the molecule is CCCC(CC)Cc1cc(-c2cn(CC)cc(-c3cc(CC)cc(S(=O)(=O)c4ccc(C)cc4)c3)c2=S)ccc1I. The van der Waals surface area contributed by atoms with Crippen molar-refractivity contribution in [2.45, 2.75) is 83.1 Å². The molecule has 0 fully saturated rings. The average molecular weight is 698 g/mol. The molecular formula is C35H40INO2S2. The number of nitrogens with zero attached hydrogens (tertiary/aromatic N) is 1. The molecule has 216 valence electrons. The Morgan fingerprint density at radius 2 is 1.54 bits per heavy atom. The van der Waals surface area contributed by atoms with Gasteiger partial charge in [0.25, 0.3) is 0 Å². The summed E-state index contributed by atoms with van der Waals surface area (Å²) in [5.74, 6) is 0.671. The predicted octanol–water partition coefficient (Wildman–Crippen LogP) is 10.2. The monoisotopic (exact) mass is 697 g/mol. The maximum Gasteiger partial charge on any atom is 0.206 e. The van der Waals surface area contributed by atoms with Gasteiger partial charge in [-0.1, -0.05) is 82.1 Å². The molecular weight excluding hydrogens is 657 g/mol. The van der Waals surface area contributed by atoms with Gasteiger partial charge in [0, 0.05) is 33.6 Å². The molecule has 4 rings (SSSR count). The lowest BCUT2D eigenvalue weighted by atomic mass is 9.91. The first-order valence-corrected chi connectivity index (χ1v) is 17.6. The third-order valence-electron chi connectivity index (χ3n) is 7.91. The Labute approximate surface area is 265 Å². The molecule has 1 atom stereocenters. The second-order valence-corrected chi connectivity index (χ2v) is 14.4. The van der Waals surface area contributed by atoms with Crippen molar-refractivity contribution < 1.29 is 8.42 Å². The van der Waals surface area contributed by atoms with Crippen molar-refractivity contribution in [3.05, 3.63) is 97.8 Å². The lowest BCUT2D eigenvalue weighted by Gasteiger charge is -2.18. The second-order valence-electron chi connectivity index (χ2n) is 10.9. The van der Waals surface area contributed by atoms with E-state index in [1.54, 1.807) is 24.3 Å². The van der Waals surface area contributed by atoms with Gasteiger partial charge in [0.2, 0.25) is 9.84 Å². The van der Waals surface area contributed by atoms with E-state index in [4.69, 9.17) is 12.2 Å². The van der Waals surface area contributed by atoms with E-state index < -0.39 is 9.84 Å². The highest BCUT2D eigenvalue weighted by Crippen LogP contribution is 2.34. The van der Waals surface area contributed by atoms with E-state index in [2.05, 4.69) is 84.6 Å². The van der Waals surface area contributed by atoms with Gasteiger partial charge in [-0.3, -0.25) is 0 Å². The number of aryl methyl sites for hydroxylation is 3. The normalized spacial score (nSPS) is 12.4. The molecule has 1 unspecified atom stereocenters. The molecule has 0 radical (unpaired) electrons. The zero-order chi connectivity index (χ0) is 29.7. The lowest BCUT2D eigenvalue weighted by molar-refractivity contribution is 0.461.